The van der Waals surface area contributed by atoms with Gasteiger partial charge in [0.2, 0.25) is 5.91 Å². The molecular formula is C14H20N2O3S2. The molecule has 1 fully saturated rings. The largest absolute Gasteiger partial charge is 0.337 e. The van der Waals surface area contributed by atoms with Gasteiger partial charge in [-0.1, -0.05) is 0 Å². The van der Waals surface area contributed by atoms with Crippen LogP contribution in [0, 0.1) is 5.92 Å². The fourth-order valence-electron chi connectivity index (χ4n) is 2.99. The van der Waals surface area contributed by atoms with Crippen LogP contribution in [0.25, 0.3) is 0 Å². The molecule has 3 rings (SSSR count). The fourth-order valence-corrected chi connectivity index (χ4v) is 5.74. The minimum absolute atomic E-state index is 0.104. The molecule has 1 N–H and O–H groups in total. The molecule has 0 saturated carbocycles. The molecule has 1 aromatic heterocycles. The SMILES string of the molecule is O=C(CNCC1CCS(=O)(=O)C1)N1CCc2sccc2C1. The van der Waals surface area contributed by atoms with E-state index in [4.69, 9.17) is 0 Å². The Balaban J connectivity index is 1.43. The van der Waals surface area contributed by atoms with Crippen LogP contribution in [-0.4, -0.2) is 50.4 Å². The Bertz CT molecular complexity index is 624. The maximum absolute atomic E-state index is 12.2. The number of hydrogen-bond donors (Lipinski definition) is 1. The van der Waals surface area contributed by atoms with E-state index in [9.17, 15) is 13.2 Å². The van der Waals surface area contributed by atoms with Gasteiger partial charge in [-0.15, -0.1) is 11.3 Å². The van der Waals surface area contributed by atoms with Crippen LogP contribution in [0.2, 0.25) is 0 Å². The molecule has 1 atom stereocenters. The van der Waals surface area contributed by atoms with E-state index in [-0.39, 0.29) is 17.6 Å². The Morgan fingerprint density at radius 1 is 1.48 bits per heavy atom. The number of rotatable bonds is 4. The molecule has 5 nitrogen and oxygen atoms in total. The topological polar surface area (TPSA) is 66.5 Å². The van der Waals surface area contributed by atoms with Crippen molar-refractivity contribution in [3.8, 4) is 0 Å². The first kappa shape index (κ1) is 15.0. The van der Waals surface area contributed by atoms with Crippen LogP contribution >= 0.6 is 11.3 Å². The molecule has 116 valence electrons. The molecule has 0 aromatic carbocycles. The van der Waals surface area contributed by atoms with Gasteiger partial charge >= 0.3 is 0 Å². The molecule has 1 unspecified atom stereocenters. The van der Waals surface area contributed by atoms with E-state index in [0.29, 0.717) is 31.8 Å². The number of nitrogens with zero attached hydrogens (tertiary/aromatic N) is 1. The van der Waals surface area contributed by atoms with Crippen molar-refractivity contribution in [3.05, 3.63) is 21.9 Å². The maximum atomic E-state index is 12.2. The first-order valence-electron chi connectivity index (χ1n) is 7.28. The molecule has 0 spiro atoms. The zero-order chi connectivity index (χ0) is 14.9. The molecule has 0 bridgehead atoms. The summed E-state index contributed by atoms with van der Waals surface area (Å²) in [7, 11) is -2.83. The third-order valence-corrected chi connectivity index (χ3v) is 7.06. The van der Waals surface area contributed by atoms with Crippen LogP contribution in [0.5, 0.6) is 0 Å². The van der Waals surface area contributed by atoms with E-state index in [1.165, 1.54) is 10.4 Å². The quantitative estimate of drug-likeness (QED) is 0.882. The second-order valence-electron chi connectivity index (χ2n) is 5.83. The van der Waals surface area contributed by atoms with Crippen molar-refractivity contribution in [2.45, 2.75) is 19.4 Å². The van der Waals surface area contributed by atoms with Crippen molar-refractivity contribution >= 4 is 27.1 Å². The molecule has 2 aliphatic heterocycles. The first-order valence-corrected chi connectivity index (χ1v) is 9.98. The summed E-state index contributed by atoms with van der Waals surface area (Å²) in [6.07, 6.45) is 1.66. The highest BCUT2D eigenvalue weighted by molar-refractivity contribution is 7.91. The highest BCUT2D eigenvalue weighted by atomic mass is 32.2. The molecule has 1 amide bonds. The van der Waals surface area contributed by atoms with E-state index >= 15 is 0 Å². The van der Waals surface area contributed by atoms with Gasteiger partial charge in [0.1, 0.15) is 0 Å². The van der Waals surface area contributed by atoms with Crippen LogP contribution < -0.4 is 5.32 Å². The molecule has 1 saturated heterocycles. The predicted octanol–water partition coefficient (Wildman–Crippen LogP) is 0.657. The predicted molar refractivity (Wildman–Crippen MR) is 83.1 cm³/mol. The van der Waals surface area contributed by atoms with E-state index < -0.39 is 9.84 Å². The molecule has 2 aliphatic rings. The van der Waals surface area contributed by atoms with Crippen LogP contribution in [0.1, 0.15) is 16.9 Å². The third kappa shape index (κ3) is 3.64. The summed E-state index contributed by atoms with van der Waals surface area (Å²) < 4.78 is 22.7. The normalized spacial score (nSPS) is 24.0. The van der Waals surface area contributed by atoms with Gasteiger partial charge < -0.3 is 10.2 Å². The van der Waals surface area contributed by atoms with Crippen molar-refractivity contribution in [2.75, 3.05) is 31.1 Å². The van der Waals surface area contributed by atoms with Gasteiger partial charge in [-0.25, -0.2) is 8.42 Å². The van der Waals surface area contributed by atoms with Crippen molar-refractivity contribution < 1.29 is 13.2 Å². The summed E-state index contributed by atoms with van der Waals surface area (Å²) in [5, 5.41) is 5.21. The van der Waals surface area contributed by atoms with Gasteiger partial charge in [0, 0.05) is 18.0 Å². The Hall–Kier alpha value is -0.920. The molecule has 3 heterocycles. The summed E-state index contributed by atoms with van der Waals surface area (Å²) in [5.41, 5.74) is 1.27. The standard InChI is InChI=1S/C14H20N2O3S2/c17-14(8-15-7-11-3-6-21(18,19)10-11)16-4-1-13-12(9-16)2-5-20-13/h2,5,11,15H,1,3-4,6-10H2. The summed E-state index contributed by atoms with van der Waals surface area (Å²) in [4.78, 5) is 15.5. The Kier molecular flexibility index (Phi) is 4.33. The molecule has 1 aromatic rings. The zero-order valence-corrected chi connectivity index (χ0v) is 13.5. The van der Waals surface area contributed by atoms with Gasteiger partial charge in [-0.2, -0.15) is 0 Å². The van der Waals surface area contributed by atoms with Crippen molar-refractivity contribution in [2.24, 2.45) is 5.92 Å². The Morgan fingerprint density at radius 3 is 3.10 bits per heavy atom. The highest BCUT2D eigenvalue weighted by Crippen LogP contribution is 2.23. The summed E-state index contributed by atoms with van der Waals surface area (Å²) in [6.45, 7) is 2.40. The lowest BCUT2D eigenvalue weighted by atomic mass is 10.1. The van der Waals surface area contributed by atoms with Gasteiger partial charge in [0.15, 0.2) is 9.84 Å². The molecule has 21 heavy (non-hydrogen) atoms. The summed E-state index contributed by atoms with van der Waals surface area (Å²) in [5.74, 6) is 0.816. The molecule has 0 radical (unpaired) electrons. The Morgan fingerprint density at radius 2 is 2.33 bits per heavy atom. The smallest absolute Gasteiger partial charge is 0.236 e. The highest BCUT2D eigenvalue weighted by Gasteiger charge is 2.28. The number of amides is 1. The lowest BCUT2D eigenvalue weighted by Gasteiger charge is -2.27. The lowest BCUT2D eigenvalue weighted by Crippen LogP contribution is -2.41. The molecule has 0 aliphatic carbocycles. The summed E-state index contributed by atoms with van der Waals surface area (Å²) in [6, 6.07) is 2.09. The monoisotopic (exact) mass is 328 g/mol. The number of carbonyl (C=O) groups is 1. The second kappa shape index (κ2) is 6.06. The number of hydrogen-bond acceptors (Lipinski definition) is 5. The van der Waals surface area contributed by atoms with E-state index in [0.717, 1.165) is 13.0 Å². The van der Waals surface area contributed by atoms with Crippen LogP contribution in [-0.2, 0) is 27.6 Å². The van der Waals surface area contributed by atoms with Gasteiger partial charge in [0.05, 0.1) is 18.1 Å². The number of thiophene rings is 1. The van der Waals surface area contributed by atoms with Gasteiger partial charge in [0.25, 0.3) is 0 Å². The van der Waals surface area contributed by atoms with Gasteiger partial charge in [-0.05, 0) is 42.3 Å². The number of carbonyl (C=O) groups excluding carboxylic acids is 1. The van der Waals surface area contributed by atoms with E-state index in [2.05, 4.69) is 16.8 Å². The van der Waals surface area contributed by atoms with Crippen LogP contribution in [0.3, 0.4) is 0 Å². The van der Waals surface area contributed by atoms with Gasteiger partial charge in [-0.3, -0.25) is 4.79 Å². The molecular weight excluding hydrogens is 308 g/mol. The van der Waals surface area contributed by atoms with Crippen molar-refractivity contribution in [1.82, 2.24) is 10.2 Å². The number of nitrogens with one attached hydrogen (secondary N) is 1. The average molecular weight is 328 g/mol. The first-order chi connectivity index (χ1) is 10.0. The third-order valence-electron chi connectivity index (χ3n) is 4.20. The fraction of sp³-hybridized carbons (Fsp3) is 0.643. The average Bonchev–Trinajstić information content (AvgIpc) is 3.04. The van der Waals surface area contributed by atoms with E-state index in [1.807, 2.05) is 4.90 Å². The van der Waals surface area contributed by atoms with Crippen LogP contribution in [0.15, 0.2) is 11.4 Å². The molecule has 7 heteroatoms. The Labute approximate surface area is 129 Å². The minimum Gasteiger partial charge on any atom is -0.337 e. The number of fused-ring (bicyclic) bond motifs is 1. The van der Waals surface area contributed by atoms with Crippen molar-refractivity contribution in [3.63, 3.8) is 0 Å². The number of sulfone groups is 1. The van der Waals surface area contributed by atoms with E-state index in [1.54, 1.807) is 11.3 Å². The maximum Gasteiger partial charge on any atom is 0.236 e. The zero-order valence-electron chi connectivity index (χ0n) is 11.9. The lowest BCUT2D eigenvalue weighted by molar-refractivity contribution is -0.131. The minimum atomic E-state index is -2.83. The van der Waals surface area contributed by atoms with Crippen molar-refractivity contribution in [1.29, 1.82) is 0 Å². The second-order valence-corrected chi connectivity index (χ2v) is 9.06. The summed E-state index contributed by atoms with van der Waals surface area (Å²) >= 11 is 1.76. The van der Waals surface area contributed by atoms with Crippen LogP contribution in [0.4, 0.5) is 0 Å².